The summed E-state index contributed by atoms with van der Waals surface area (Å²) < 4.78 is 23.4. The Bertz CT molecular complexity index is 1130. The smallest absolute Gasteiger partial charge is 0.341 e. The molecule has 5 rings (SSSR count). The van der Waals surface area contributed by atoms with E-state index in [4.69, 9.17) is 10.5 Å². The molecule has 2 aliphatic heterocycles. The minimum Gasteiger partial charge on any atom is -0.477 e. The zero-order valence-electron chi connectivity index (χ0n) is 16.9. The van der Waals surface area contributed by atoms with Crippen molar-refractivity contribution in [2.75, 3.05) is 30.8 Å². The van der Waals surface area contributed by atoms with Crippen LogP contribution in [0.4, 0.5) is 15.8 Å². The number of anilines is 2. The summed E-state index contributed by atoms with van der Waals surface area (Å²) in [4.78, 5) is 26.6. The van der Waals surface area contributed by atoms with Gasteiger partial charge in [-0.15, -0.1) is 0 Å². The van der Waals surface area contributed by atoms with E-state index in [0.717, 1.165) is 19.3 Å². The van der Waals surface area contributed by atoms with Crippen molar-refractivity contribution in [2.24, 2.45) is 0 Å². The molecular formula is C21H25FN4O4. The first-order chi connectivity index (χ1) is 14.3. The van der Waals surface area contributed by atoms with Crippen LogP contribution in [0.3, 0.4) is 0 Å². The predicted octanol–water partition coefficient (Wildman–Crippen LogP) is 1.63. The molecule has 1 aromatic heterocycles. The fourth-order valence-electron chi connectivity index (χ4n) is 5.19. The van der Waals surface area contributed by atoms with E-state index >= 15 is 4.39 Å². The first kappa shape index (κ1) is 19.3. The summed E-state index contributed by atoms with van der Waals surface area (Å²) >= 11 is 0. The number of rotatable bonds is 4. The number of nitrogens with one attached hydrogen (secondary N) is 1. The van der Waals surface area contributed by atoms with Crippen molar-refractivity contribution in [1.29, 1.82) is 0 Å². The second-order valence-electron chi connectivity index (χ2n) is 8.48. The Morgan fingerprint density at radius 2 is 2.10 bits per heavy atom. The van der Waals surface area contributed by atoms with Crippen molar-refractivity contribution < 1.29 is 19.0 Å². The summed E-state index contributed by atoms with van der Waals surface area (Å²) in [6.45, 7) is 2.97. The molecule has 160 valence electrons. The van der Waals surface area contributed by atoms with Gasteiger partial charge >= 0.3 is 5.97 Å². The van der Waals surface area contributed by atoms with Gasteiger partial charge in [0.2, 0.25) is 5.43 Å². The quantitative estimate of drug-likeness (QED) is 0.650. The normalized spacial score (nSPS) is 25.8. The van der Waals surface area contributed by atoms with E-state index in [9.17, 15) is 14.7 Å². The molecule has 2 saturated heterocycles. The van der Waals surface area contributed by atoms with Crippen molar-refractivity contribution in [3.05, 3.63) is 33.4 Å². The summed E-state index contributed by atoms with van der Waals surface area (Å²) in [7, 11) is 1.86. The third-order valence-corrected chi connectivity index (χ3v) is 6.78. The summed E-state index contributed by atoms with van der Waals surface area (Å²) in [6.07, 6.45) is 3.90. The van der Waals surface area contributed by atoms with Crippen LogP contribution in [-0.2, 0) is 4.74 Å². The van der Waals surface area contributed by atoms with Crippen molar-refractivity contribution in [1.82, 2.24) is 9.88 Å². The lowest BCUT2D eigenvalue weighted by Crippen LogP contribution is -2.37. The van der Waals surface area contributed by atoms with Crippen LogP contribution >= 0.6 is 0 Å². The van der Waals surface area contributed by atoms with Crippen LogP contribution in [0.1, 0.15) is 41.2 Å². The van der Waals surface area contributed by atoms with Gasteiger partial charge in [-0.3, -0.25) is 4.79 Å². The number of likely N-dealkylation sites (N-methyl/N-ethyl adjacent to an activating group) is 1. The monoisotopic (exact) mass is 416 g/mol. The number of hydrogen-bond donors (Lipinski definition) is 3. The lowest BCUT2D eigenvalue weighted by molar-refractivity contribution is 0.0695. The number of hydrogen-bond acceptors (Lipinski definition) is 6. The molecule has 3 heterocycles. The number of carboxylic acid groups (broad SMARTS) is 1. The molecule has 9 heteroatoms. The average Bonchev–Trinajstić information content (AvgIpc) is 3.34. The standard InChI is InChI=1S/C21H25FN4O4/c1-9-17-14(19(27)11(21(28)29)7-25(17)10-3-4-10)16(23)15(22)18(9)26-8-12(24-2)20-13(26)5-6-30-20/h7,10,12-13,20,24H,3-6,8,23H2,1-2H3,(H,28,29). The second kappa shape index (κ2) is 6.68. The molecule has 8 nitrogen and oxygen atoms in total. The van der Waals surface area contributed by atoms with Gasteiger partial charge < -0.3 is 30.4 Å². The molecule has 0 bridgehead atoms. The number of aromatic carboxylic acids is 1. The van der Waals surface area contributed by atoms with Gasteiger partial charge in [0.1, 0.15) is 5.56 Å². The highest BCUT2D eigenvalue weighted by molar-refractivity contribution is 6.01. The number of benzene rings is 1. The summed E-state index contributed by atoms with van der Waals surface area (Å²) in [5.74, 6) is -2.00. The van der Waals surface area contributed by atoms with Gasteiger partial charge in [0.25, 0.3) is 0 Å². The molecule has 3 unspecified atom stereocenters. The zero-order valence-corrected chi connectivity index (χ0v) is 16.9. The van der Waals surface area contributed by atoms with Crippen molar-refractivity contribution >= 4 is 28.2 Å². The molecule has 3 fully saturated rings. The molecule has 2 aromatic rings. The zero-order chi connectivity index (χ0) is 21.3. The van der Waals surface area contributed by atoms with Crippen LogP contribution in [0.25, 0.3) is 10.9 Å². The SMILES string of the molecule is CNC1CN(c2c(F)c(N)c3c(=O)c(C(=O)O)cn(C4CC4)c3c2C)C2CCOC12. The Labute approximate surface area is 172 Å². The number of ether oxygens (including phenoxy) is 1. The molecule has 1 aliphatic carbocycles. The molecule has 3 aliphatic rings. The van der Waals surface area contributed by atoms with Gasteiger partial charge in [0.15, 0.2) is 5.82 Å². The number of fused-ring (bicyclic) bond motifs is 2. The Hall–Kier alpha value is -2.65. The molecular weight excluding hydrogens is 391 g/mol. The Morgan fingerprint density at radius 1 is 1.37 bits per heavy atom. The molecule has 30 heavy (non-hydrogen) atoms. The molecule has 1 aromatic carbocycles. The number of nitrogens with two attached hydrogens (primary N) is 1. The molecule has 0 spiro atoms. The van der Waals surface area contributed by atoms with Crippen LogP contribution in [0.5, 0.6) is 0 Å². The van der Waals surface area contributed by atoms with Gasteiger partial charge in [0.05, 0.1) is 40.5 Å². The predicted molar refractivity (Wildman–Crippen MR) is 111 cm³/mol. The van der Waals surface area contributed by atoms with Crippen LogP contribution in [0.15, 0.2) is 11.0 Å². The molecule has 1 saturated carbocycles. The number of aryl methyl sites for hydroxylation is 1. The largest absolute Gasteiger partial charge is 0.477 e. The topological polar surface area (TPSA) is 110 Å². The number of aromatic nitrogens is 1. The Morgan fingerprint density at radius 3 is 2.73 bits per heavy atom. The Balaban J connectivity index is 1.80. The molecule has 3 atom stereocenters. The number of carbonyl (C=O) groups is 1. The lowest BCUT2D eigenvalue weighted by atomic mass is 10.0. The van der Waals surface area contributed by atoms with Crippen molar-refractivity contribution in [2.45, 2.75) is 50.4 Å². The van der Waals surface area contributed by atoms with E-state index in [-0.39, 0.29) is 40.9 Å². The molecule has 0 radical (unpaired) electrons. The molecule has 0 amide bonds. The minimum atomic E-state index is -1.33. The van der Waals surface area contributed by atoms with E-state index in [1.54, 1.807) is 6.92 Å². The van der Waals surface area contributed by atoms with E-state index < -0.39 is 17.2 Å². The van der Waals surface area contributed by atoms with E-state index in [2.05, 4.69) is 5.32 Å². The highest BCUT2D eigenvalue weighted by Crippen LogP contribution is 2.44. The highest BCUT2D eigenvalue weighted by Gasteiger charge is 2.47. The minimum absolute atomic E-state index is 0.0203. The highest BCUT2D eigenvalue weighted by atomic mass is 19.1. The van der Waals surface area contributed by atoms with Gasteiger partial charge in [-0.05, 0) is 38.8 Å². The third kappa shape index (κ3) is 2.58. The first-order valence-corrected chi connectivity index (χ1v) is 10.3. The van der Waals surface area contributed by atoms with Crippen LogP contribution in [-0.4, -0.2) is 54.0 Å². The fraction of sp³-hybridized carbons (Fsp3) is 0.524. The maximum absolute atomic E-state index is 15.7. The number of carboxylic acids is 1. The van der Waals surface area contributed by atoms with E-state index in [1.807, 2.05) is 16.5 Å². The van der Waals surface area contributed by atoms with E-state index in [1.165, 1.54) is 6.20 Å². The number of pyridine rings is 1. The second-order valence-corrected chi connectivity index (χ2v) is 8.48. The number of nitrogen functional groups attached to an aromatic ring is 1. The molecule has 4 N–H and O–H groups in total. The van der Waals surface area contributed by atoms with Gasteiger partial charge in [-0.25, -0.2) is 9.18 Å². The van der Waals surface area contributed by atoms with Gasteiger partial charge in [-0.2, -0.15) is 0 Å². The summed E-state index contributed by atoms with van der Waals surface area (Å²) in [6, 6.07) is 0.175. The van der Waals surface area contributed by atoms with Gasteiger partial charge in [0, 0.05) is 25.4 Å². The number of nitrogens with zero attached hydrogens (tertiary/aromatic N) is 2. The van der Waals surface area contributed by atoms with Crippen LogP contribution in [0.2, 0.25) is 0 Å². The maximum Gasteiger partial charge on any atom is 0.341 e. The summed E-state index contributed by atoms with van der Waals surface area (Å²) in [5.41, 5.74) is 6.29. The maximum atomic E-state index is 15.7. The first-order valence-electron chi connectivity index (χ1n) is 10.3. The van der Waals surface area contributed by atoms with Gasteiger partial charge in [-0.1, -0.05) is 0 Å². The lowest BCUT2D eigenvalue weighted by Gasteiger charge is -2.29. The van der Waals surface area contributed by atoms with Crippen LogP contribution in [0, 0.1) is 12.7 Å². The van der Waals surface area contributed by atoms with Crippen molar-refractivity contribution in [3.8, 4) is 0 Å². The van der Waals surface area contributed by atoms with E-state index in [0.29, 0.717) is 29.9 Å². The third-order valence-electron chi connectivity index (χ3n) is 6.78. The van der Waals surface area contributed by atoms with Crippen LogP contribution < -0.4 is 21.4 Å². The summed E-state index contributed by atoms with van der Waals surface area (Å²) in [5, 5.41) is 12.7. The average molecular weight is 416 g/mol. The fourth-order valence-corrected chi connectivity index (χ4v) is 5.19. The number of halogens is 1. The van der Waals surface area contributed by atoms with Crippen molar-refractivity contribution in [3.63, 3.8) is 0 Å². The Kier molecular flexibility index (Phi) is 4.30.